The van der Waals surface area contributed by atoms with Gasteiger partial charge < -0.3 is 4.84 Å². The van der Waals surface area contributed by atoms with E-state index in [4.69, 9.17) is 4.84 Å². The van der Waals surface area contributed by atoms with E-state index < -0.39 is 22.5 Å². The molecule has 1 amide bonds. The third-order valence-corrected chi connectivity index (χ3v) is 5.55. The molecular formula is C30H31NO5. The minimum Gasteiger partial charge on any atom is -0.379 e. The second-order valence-electron chi connectivity index (χ2n) is 10.7. The molecule has 0 bridgehead atoms. The third-order valence-electron chi connectivity index (χ3n) is 5.55. The van der Waals surface area contributed by atoms with E-state index in [2.05, 4.69) is 5.48 Å². The van der Waals surface area contributed by atoms with E-state index in [0.717, 1.165) is 0 Å². The predicted octanol–water partition coefficient (Wildman–Crippen LogP) is 6.10. The Morgan fingerprint density at radius 3 is 1.67 bits per heavy atom. The summed E-state index contributed by atoms with van der Waals surface area (Å²) in [5, 5.41) is 0. The van der Waals surface area contributed by atoms with Crippen molar-refractivity contribution in [2.45, 2.75) is 41.5 Å². The molecule has 6 heteroatoms. The second kappa shape index (κ2) is 10.3. The Bertz CT molecular complexity index is 1290. The highest BCUT2D eigenvalue weighted by molar-refractivity contribution is 6.16. The van der Waals surface area contributed by atoms with Gasteiger partial charge in [0.05, 0.1) is 5.56 Å². The Balaban J connectivity index is 1.98. The summed E-state index contributed by atoms with van der Waals surface area (Å²) in [6.07, 6.45) is 0. The maximum absolute atomic E-state index is 13.5. The number of nitrogens with one attached hydrogen (secondary N) is 1. The summed E-state index contributed by atoms with van der Waals surface area (Å²) in [6.45, 7) is 10.8. The number of benzene rings is 3. The Kier molecular flexibility index (Phi) is 7.58. The van der Waals surface area contributed by atoms with Crippen molar-refractivity contribution in [3.63, 3.8) is 0 Å². The summed E-state index contributed by atoms with van der Waals surface area (Å²) in [4.78, 5) is 57.4. The van der Waals surface area contributed by atoms with Crippen molar-refractivity contribution in [2.24, 2.45) is 10.8 Å². The van der Waals surface area contributed by atoms with E-state index in [1.165, 1.54) is 18.2 Å². The number of rotatable bonds is 7. The van der Waals surface area contributed by atoms with Crippen LogP contribution in [0.1, 0.15) is 88.5 Å². The molecule has 0 aliphatic rings. The monoisotopic (exact) mass is 485 g/mol. The molecule has 0 saturated carbocycles. The molecule has 0 aromatic heterocycles. The number of ketones is 3. The molecule has 3 aromatic carbocycles. The van der Waals surface area contributed by atoms with E-state index in [9.17, 15) is 19.2 Å². The van der Waals surface area contributed by atoms with Gasteiger partial charge in [-0.2, -0.15) is 5.48 Å². The Morgan fingerprint density at radius 1 is 0.611 bits per heavy atom. The third kappa shape index (κ3) is 6.13. The van der Waals surface area contributed by atoms with Gasteiger partial charge in [0.25, 0.3) is 5.91 Å². The van der Waals surface area contributed by atoms with Crippen LogP contribution in [0.5, 0.6) is 5.75 Å². The molecule has 3 rings (SSSR count). The topological polar surface area (TPSA) is 89.5 Å². The van der Waals surface area contributed by atoms with Gasteiger partial charge in [-0.05, 0) is 24.3 Å². The molecule has 0 atom stereocenters. The zero-order valence-electron chi connectivity index (χ0n) is 21.5. The first-order chi connectivity index (χ1) is 16.8. The molecule has 0 saturated heterocycles. The summed E-state index contributed by atoms with van der Waals surface area (Å²) >= 11 is 0. The fourth-order valence-corrected chi connectivity index (χ4v) is 3.51. The molecule has 0 heterocycles. The van der Waals surface area contributed by atoms with Crippen LogP contribution in [0.4, 0.5) is 0 Å². The number of para-hydroxylation sites is 1. The summed E-state index contributed by atoms with van der Waals surface area (Å²) in [5.74, 6) is -0.848. The zero-order valence-corrected chi connectivity index (χ0v) is 21.5. The number of Topliss-reactive ketones (excluding diaryl/α,β-unsaturated/α-hetero) is 2. The molecule has 36 heavy (non-hydrogen) atoms. The van der Waals surface area contributed by atoms with E-state index in [0.29, 0.717) is 22.4 Å². The van der Waals surface area contributed by atoms with Gasteiger partial charge in [-0.15, -0.1) is 0 Å². The van der Waals surface area contributed by atoms with E-state index in [1.807, 2.05) is 26.8 Å². The molecule has 0 radical (unpaired) electrons. The molecule has 0 fully saturated rings. The normalized spacial score (nSPS) is 11.5. The molecule has 0 aliphatic carbocycles. The van der Waals surface area contributed by atoms with E-state index in [-0.39, 0.29) is 22.7 Å². The first-order valence-electron chi connectivity index (χ1n) is 11.7. The fraction of sp³-hybridized carbons (Fsp3) is 0.267. The van der Waals surface area contributed by atoms with Crippen LogP contribution in [-0.2, 0) is 0 Å². The van der Waals surface area contributed by atoms with Crippen LogP contribution in [0.15, 0.2) is 72.8 Å². The summed E-state index contributed by atoms with van der Waals surface area (Å²) in [6, 6.07) is 19.4. The van der Waals surface area contributed by atoms with Crippen LogP contribution in [0, 0.1) is 10.8 Å². The van der Waals surface area contributed by atoms with Crippen molar-refractivity contribution >= 4 is 23.3 Å². The van der Waals surface area contributed by atoms with Crippen LogP contribution >= 0.6 is 0 Å². The summed E-state index contributed by atoms with van der Waals surface area (Å²) in [7, 11) is 0. The average molecular weight is 486 g/mol. The molecule has 186 valence electrons. The number of carbonyl (C=O) groups excluding carboxylic acids is 4. The molecular weight excluding hydrogens is 454 g/mol. The van der Waals surface area contributed by atoms with Gasteiger partial charge in [-0.25, -0.2) is 0 Å². The van der Waals surface area contributed by atoms with Crippen LogP contribution < -0.4 is 10.3 Å². The van der Waals surface area contributed by atoms with Gasteiger partial charge in [0.15, 0.2) is 23.1 Å². The highest BCUT2D eigenvalue weighted by Crippen LogP contribution is 2.25. The second-order valence-corrected chi connectivity index (χ2v) is 10.7. The standard InChI is InChI=1S/C30H31NO5/c1-29(2,3)26(33)20-14-12-19(13-15-20)25(32)24-18-21(27(34)30(4,5)6)16-17-23(24)28(35)31-36-22-10-8-7-9-11-22/h7-18H,1-6H3,(H,31,35). The van der Waals surface area contributed by atoms with Crippen molar-refractivity contribution in [3.8, 4) is 5.75 Å². The van der Waals surface area contributed by atoms with Crippen molar-refractivity contribution < 1.29 is 24.0 Å². The predicted molar refractivity (Wildman–Crippen MR) is 138 cm³/mol. The first kappa shape index (κ1) is 26.5. The van der Waals surface area contributed by atoms with Gasteiger partial charge in [0, 0.05) is 33.1 Å². The Morgan fingerprint density at radius 2 is 1.11 bits per heavy atom. The number of carbonyl (C=O) groups is 4. The lowest BCUT2D eigenvalue weighted by Crippen LogP contribution is -2.29. The Labute approximate surface area is 211 Å². The van der Waals surface area contributed by atoms with Gasteiger partial charge in [-0.3, -0.25) is 19.2 Å². The zero-order chi connectivity index (χ0) is 26.7. The van der Waals surface area contributed by atoms with Gasteiger partial charge in [0.1, 0.15) is 0 Å². The van der Waals surface area contributed by atoms with Crippen molar-refractivity contribution in [1.29, 1.82) is 0 Å². The number of hydroxylamine groups is 1. The highest BCUT2D eigenvalue weighted by Gasteiger charge is 2.27. The average Bonchev–Trinajstić information content (AvgIpc) is 2.85. The number of hydrogen-bond acceptors (Lipinski definition) is 5. The summed E-state index contributed by atoms with van der Waals surface area (Å²) in [5.41, 5.74) is 2.37. The molecule has 0 spiro atoms. The van der Waals surface area contributed by atoms with Crippen molar-refractivity contribution in [2.75, 3.05) is 0 Å². The van der Waals surface area contributed by atoms with E-state index in [1.54, 1.807) is 69.3 Å². The number of amides is 1. The van der Waals surface area contributed by atoms with Crippen LogP contribution in [0.3, 0.4) is 0 Å². The minimum atomic E-state index is -0.671. The maximum Gasteiger partial charge on any atom is 0.284 e. The fourth-order valence-electron chi connectivity index (χ4n) is 3.51. The Hall–Kier alpha value is -4.06. The van der Waals surface area contributed by atoms with Gasteiger partial charge >= 0.3 is 0 Å². The van der Waals surface area contributed by atoms with Crippen LogP contribution in [0.25, 0.3) is 0 Å². The highest BCUT2D eigenvalue weighted by atomic mass is 16.7. The lowest BCUT2D eigenvalue weighted by molar-refractivity contribution is 0.0755. The molecule has 0 unspecified atom stereocenters. The number of hydrogen-bond donors (Lipinski definition) is 1. The lowest BCUT2D eigenvalue weighted by Gasteiger charge is -2.18. The molecule has 3 aromatic rings. The van der Waals surface area contributed by atoms with Gasteiger partial charge in [0.2, 0.25) is 0 Å². The smallest absolute Gasteiger partial charge is 0.284 e. The molecule has 6 nitrogen and oxygen atoms in total. The van der Waals surface area contributed by atoms with Crippen molar-refractivity contribution in [1.82, 2.24) is 5.48 Å². The summed E-state index contributed by atoms with van der Waals surface area (Å²) < 4.78 is 0. The minimum absolute atomic E-state index is 0.0441. The first-order valence-corrected chi connectivity index (χ1v) is 11.7. The molecule has 0 aliphatic heterocycles. The largest absolute Gasteiger partial charge is 0.379 e. The quantitative estimate of drug-likeness (QED) is 0.323. The maximum atomic E-state index is 13.5. The van der Waals surface area contributed by atoms with Gasteiger partial charge in [-0.1, -0.05) is 90.1 Å². The van der Waals surface area contributed by atoms with E-state index >= 15 is 0 Å². The van der Waals surface area contributed by atoms with Crippen LogP contribution in [-0.4, -0.2) is 23.3 Å². The lowest BCUT2D eigenvalue weighted by atomic mass is 9.84. The molecule has 1 N–H and O–H groups in total. The van der Waals surface area contributed by atoms with Crippen molar-refractivity contribution in [3.05, 3.63) is 101 Å². The SMILES string of the molecule is CC(C)(C)C(=O)c1ccc(C(=O)c2cc(C(=O)C(C)(C)C)ccc2C(=O)NOc2ccccc2)cc1. The van der Waals surface area contributed by atoms with Crippen LogP contribution in [0.2, 0.25) is 0 Å².